The quantitative estimate of drug-likeness (QED) is 0.497. The number of alkyl halides is 2. The van der Waals surface area contributed by atoms with E-state index in [1.165, 1.54) is 18.5 Å². The highest BCUT2D eigenvalue weighted by Crippen LogP contribution is 2.53. The number of carbonyl (C=O) groups is 1. The summed E-state index contributed by atoms with van der Waals surface area (Å²) in [6, 6.07) is 6.54. The zero-order chi connectivity index (χ0) is 23.3. The first-order valence-corrected chi connectivity index (χ1v) is 11.8. The Morgan fingerprint density at radius 2 is 1.97 bits per heavy atom. The first-order valence-electron chi connectivity index (χ1n) is 9.95. The molecule has 1 amide bonds. The average Bonchev–Trinajstić information content (AvgIpc) is 3.05. The lowest BCUT2D eigenvalue weighted by atomic mass is 10.0. The van der Waals surface area contributed by atoms with Crippen molar-refractivity contribution in [2.75, 3.05) is 11.5 Å². The minimum Gasteiger partial charge on any atom is -0.433 e. The summed E-state index contributed by atoms with van der Waals surface area (Å²) in [5.74, 6) is -0.105. The van der Waals surface area contributed by atoms with Gasteiger partial charge in [-0.05, 0) is 31.0 Å². The van der Waals surface area contributed by atoms with Gasteiger partial charge in [-0.15, -0.1) is 0 Å². The molecule has 3 N–H and O–H groups in total. The molecule has 0 aliphatic carbocycles. The Kier molecular flexibility index (Phi) is 5.60. The van der Waals surface area contributed by atoms with E-state index in [1.54, 1.807) is 29.8 Å². The molecular formula is C21H24F2N4O4S. The number of carbonyl (C=O) groups excluding carboxylic acids is 1. The number of fused-ring (bicyclic) bond motifs is 1. The van der Waals surface area contributed by atoms with Crippen molar-refractivity contribution in [3.63, 3.8) is 0 Å². The van der Waals surface area contributed by atoms with E-state index in [2.05, 4.69) is 20.1 Å². The lowest BCUT2D eigenvalue weighted by Crippen LogP contribution is -2.61. The van der Waals surface area contributed by atoms with Gasteiger partial charge in [0, 0.05) is 17.0 Å². The van der Waals surface area contributed by atoms with Gasteiger partial charge >= 0.3 is 6.61 Å². The van der Waals surface area contributed by atoms with Crippen molar-refractivity contribution in [1.29, 1.82) is 0 Å². The second-order valence-electron chi connectivity index (χ2n) is 8.55. The molecule has 1 fully saturated rings. The Bertz CT molecular complexity index is 1170. The van der Waals surface area contributed by atoms with E-state index in [-0.39, 0.29) is 29.1 Å². The summed E-state index contributed by atoms with van der Waals surface area (Å²) in [5.41, 5.74) is 1.62. The van der Waals surface area contributed by atoms with Gasteiger partial charge in [-0.3, -0.25) is 18.9 Å². The van der Waals surface area contributed by atoms with E-state index < -0.39 is 22.7 Å². The number of nitrogens with one attached hydrogen (secondary N) is 1. The molecule has 2 aromatic heterocycles. The van der Waals surface area contributed by atoms with E-state index in [0.29, 0.717) is 16.8 Å². The van der Waals surface area contributed by atoms with E-state index in [4.69, 9.17) is 0 Å². The number of nitrogens with zero attached hydrogens (tertiary/aromatic N) is 3. The lowest BCUT2D eigenvalue weighted by Gasteiger charge is -2.54. The summed E-state index contributed by atoms with van der Waals surface area (Å²) >= 11 is 0. The van der Waals surface area contributed by atoms with Crippen LogP contribution in [-0.4, -0.2) is 53.4 Å². The Hall–Kier alpha value is -2.76. The Morgan fingerprint density at radius 3 is 2.59 bits per heavy atom. The van der Waals surface area contributed by atoms with Gasteiger partial charge in [-0.25, -0.2) is 4.68 Å². The zero-order valence-corrected chi connectivity index (χ0v) is 18.6. The number of amides is 1. The highest BCUT2D eigenvalue weighted by molar-refractivity contribution is 8.25. The van der Waals surface area contributed by atoms with E-state index in [1.807, 2.05) is 13.8 Å². The molecule has 11 heteroatoms. The Balaban J connectivity index is 1.70. The molecule has 172 valence electrons. The Morgan fingerprint density at radius 1 is 1.25 bits per heavy atom. The van der Waals surface area contributed by atoms with Crippen molar-refractivity contribution in [2.45, 2.75) is 38.8 Å². The van der Waals surface area contributed by atoms with Crippen molar-refractivity contribution in [2.24, 2.45) is 0 Å². The standard InChI is InChI=1S/C21H24F2N4O4S/c1-12(2)18-16-6-13(19(28)25-21(3)10-32(29,30)11-21)4-5-17(16)27(26-18)14-7-15(9-24-8-14)31-20(22)23/h4-9,12,20,29-30H,10-11H2,1-3H3,(H,25,28). The largest absolute Gasteiger partial charge is 0.433 e. The molecule has 1 aliphatic heterocycles. The SMILES string of the molecule is CC(C)c1nn(-c2cncc(OC(F)F)c2)c2ccc(C(=O)NC3(C)CS(O)(O)C3)cc12. The minimum absolute atomic E-state index is 0.0302. The molecule has 0 atom stereocenters. The van der Waals surface area contributed by atoms with E-state index in [9.17, 15) is 22.7 Å². The number of rotatable bonds is 6. The highest BCUT2D eigenvalue weighted by Gasteiger charge is 2.45. The molecule has 1 aromatic carbocycles. The van der Waals surface area contributed by atoms with Crippen molar-refractivity contribution in [3.8, 4) is 11.4 Å². The number of halogens is 2. The molecule has 3 heterocycles. The molecule has 1 aliphatic rings. The van der Waals surface area contributed by atoms with Gasteiger partial charge in [0.1, 0.15) is 5.75 Å². The van der Waals surface area contributed by atoms with Gasteiger partial charge in [0.05, 0.1) is 46.3 Å². The maximum atomic E-state index is 12.8. The summed E-state index contributed by atoms with van der Waals surface area (Å²) in [5, 5.41) is 8.27. The van der Waals surface area contributed by atoms with Crippen LogP contribution >= 0.6 is 10.6 Å². The fourth-order valence-corrected chi connectivity index (χ4v) is 6.09. The monoisotopic (exact) mass is 466 g/mol. The summed E-state index contributed by atoms with van der Waals surface area (Å²) < 4.78 is 50.6. The van der Waals surface area contributed by atoms with Crippen LogP contribution in [0.25, 0.3) is 16.6 Å². The molecule has 3 aromatic rings. The molecular weight excluding hydrogens is 442 g/mol. The third-order valence-electron chi connectivity index (χ3n) is 5.20. The number of benzene rings is 1. The zero-order valence-electron chi connectivity index (χ0n) is 17.7. The number of pyridine rings is 1. The molecule has 32 heavy (non-hydrogen) atoms. The number of ether oxygens (including phenoxy) is 1. The minimum atomic E-state index is -2.96. The Labute approximate surface area is 184 Å². The predicted molar refractivity (Wildman–Crippen MR) is 118 cm³/mol. The molecule has 0 saturated carbocycles. The number of hydrogen-bond donors (Lipinski definition) is 3. The van der Waals surface area contributed by atoms with Gasteiger partial charge in [-0.2, -0.15) is 24.5 Å². The third kappa shape index (κ3) is 4.41. The molecule has 8 nitrogen and oxygen atoms in total. The number of aromatic nitrogens is 3. The van der Waals surface area contributed by atoms with Gasteiger partial charge in [0.25, 0.3) is 5.91 Å². The van der Waals surface area contributed by atoms with E-state index in [0.717, 1.165) is 11.1 Å². The van der Waals surface area contributed by atoms with Crippen LogP contribution in [0.3, 0.4) is 0 Å². The second-order valence-corrected chi connectivity index (χ2v) is 10.7. The van der Waals surface area contributed by atoms with Crippen LogP contribution in [0.15, 0.2) is 36.7 Å². The van der Waals surface area contributed by atoms with Crippen LogP contribution in [0.2, 0.25) is 0 Å². The first-order chi connectivity index (χ1) is 15.0. The van der Waals surface area contributed by atoms with Gasteiger partial charge in [0.2, 0.25) is 0 Å². The highest BCUT2D eigenvalue weighted by atomic mass is 32.3. The normalized spacial score (nSPS) is 17.9. The van der Waals surface area contributed by atoms with Gasteiger partial charge in [0.15, 0.2) is 0 Å². The van der Waals surface area contributed by atoms with Crippen LogP contribution in [-0.2, 0) is 0 Å². The predicted octanol–water partition coefficient (Wildman–Crippen LogP) is 4.40. The van der Waals surface area contributed by atoms with Crippen molar-refractivity contribution < 1.29 is 27.4 Å². The van der Waals surface area contributed by atoms with Crippen LogP contribution < -0.4 is 10.1 Å². The molecule has 4 rings (SSSR count). The van der Waals surface area contributed by atoms with Crippen LogP contribution in [0.4, 0.5) is 8.78 Å². The van der Waals surface area contributed by atoms with Crippen LogP contribution in [0.5, 0.6) is 5.75 Å². The molecule has 1 saturated heterocycles. The molecule has 0 radical (unpaired) electrons. The fraction of sp³-hybridized carbons (Fsp3) is 0.381. The number of hydrogen-bond acceptors (Lipinski definition) is 6. The van der Waals surface area contributed by atoms with Crippen molar-refractivity contribution in [1.82, 2.24) is 20.1 Å². The topological polar surface area (TPSA) is 110 Å². The van der Waals surface area contributed by atoms with Gasteiger partial charge < -0.3 is 10.1 Å². The first kappa shape index (κ1) is 22.4. The fourth-order valence-electron chi connectivity index (χ4n) is 3.99. The molecule has 0 unspecified atom stereocenters. The molecule has 0 spiro atoms. The van der Waals surface area contributed by atoms with Crippen LogP contribution in [0.1, 0.15) is 42.7 Å². The van der Waals surface area contributed by atoms with Gasteiger partial charge in [-0.1, -0.05) is 13.8 Å². The van der Waals surface area contributed by atoms with E-state index >= 15 is 0 Å². The van der Waals surface area contributed by atoms with Crippen molar-refractivity contribution >= 4 is 27.4 Å². The summed E-state index contributed by atoms with van der Waals surface area (Å²) in [6.45, 7) is 2.75. The summed E-state index contributed by atoms with van der Waals surface area (Å²) in [6.07, 6.45) is 2.69. The second kappa shape index (κ2) is 7.98. The average molecular weight is 467 g/mol. The lowest BCUT2D eigenvalue weighted by molar-refractivity contribution is -0.0500. The summed E-state index contributed by atoms with van der Waals surface area (Å²) in [7, 11) is -2.60. The van der Waals surface area contributed by atoms with Crippen LogP contribution in [0, 0.1) is 0 Å². The third-order valence-corrected chi connectivity index (χ3v) is 7.40. The maximum Gasteiger partial charge on any atom is 0.387 e. The smallest absolute Gasteiger partial charge is 0.387 e. The van der Waals surface area contributed by atoms with Crippen molar-refractivity contribution in [3.05, 3.63) is 47.9 Å². The molecule has 0 bridgehead atoms. The maximum absolute atomic E-state index is 12.8. The summed E-state index contributed by atoms with van der Waals surface area (Å²) in [4.78, 5) is 16.8.